The molecule has 0 radical (unpaired) electrons. The molecule has 0 amide bonds. The van der Waals surface area contributed by atoms with Crippen LogP contribution in [-0.2, 0) is 35.4 Å². The Morgan fingerprint density at radius 3 is 2.55 bits per heavy atom. The number of nitrogens with zero attached hydrogens (tertiary/aromatic N) is 2. The lowest BCUT2D eigenvalue weighted by Crippen LogP contribution is -2.44. The fourth-order valence-electron chi connectivity index (χ4n) is 6.60. The molecule has 1 aromatic heterocycles. The van der Waals surface area contributed by atoms with Crippen LogP contribution in [0.3, 0.4) is 0 Å². The Morgan fingerprint density at radius 2 is 1.86 bits per heavy atom. The number of hydrogen-bond donors (Lipinski definition) is 3. The highest BCUT2D eigenvalue weighted by molar-refractivity contribution is 7.89. The highest BCUT2D eigenvalue weighted by Crippen LogP contribution is 2.35. The summed E-state index contributed by atoms with van der Waals surface area (Å²) in [6.45, 7) is 6.70. The van der Waals surface area contributed by atoms with Crippen molar-refractivity contribution in [3.8, 4) is 0 Å². The number of ether oxygens (including phenoxy) is 3. The molecule has 2 aliphatic heterocycles. The molecule has 3 heterocycles. The van der Waals surface area contributed by atoms with Crippen molar-refractivity contribution in [2.24, 2.45) is 17.8 Å². The van der Waals surface area contributed by atoms with Gasteiger partial charge in [-0.1, -0.05) is 32.1 Å². The summed E-state index contributed by atoms with van der Waals surface area (Å²) >= 11 is 1.38. The van der Waals surface area contributed by atoms with E-state index in [4.69, 9.17) is 14.2 Å². The van der Waals surface area contributed by atoms with Crippen molar-refractivity contribution in [2.45, 2.75) is 81.9 Å². The Balaban J connectivity index is 1.22. The first-order chi connectivity index (χ1) is 23.4. The molecule has 0 spiro atoms. The van der Waals surface area contributed by atoms with Crippen LogP contribution in [-0.4, -0.2) is 92.2 Å². The molecule has 3 aliphatic rings. The lowest BCUT2D eigenvalue weighted by atomic mass is 9.90. The zero-order valence-electron chi connectivity index (χ0n) is 27.8. The number of nitrogens with one attached hydrogen (secondary N) is 2. The van der Waals surface area contributed by atoms with E-state index in [-0.39, 0.29) is 60.9 Å². The Morgan fingerprint density at radius 1 is 1.12 bits per heavy atom. The normalized spacial score (nSPS) is 23.7. The van der Waals surface area contributed by atoms with E-state index >= 15 is 0 Å². The maximum absolute atomic E-state index is 14.2. The van der Waals surface area contributed by atoms with Gasteiger partial charge in [0.15, 0.2) is 11.4 Å². The van der Waals surface area contributed by atoms with Gasteiger partial charge in [0.05, 0.1) is 46.8 Å². The third-order valence-electron chi connectivity index (χ3n) is 9.08. The van der Waals surface area contributed by atoms with E-state index in [0.29, 0.717) is 29.4 Å². The fraction of sp³-hybridized carbons (Fsp3) is 0.588. The predicted octanol–water partition coefficient (Wildman–Crippen LogP) is 4.30. The minimum atomic E-state index is -4.11. The summed E-state index contributed by atoms with van der Waals surface area (Å²) in [4.78, 5) is 18.1. The van der Waals surface area contributed by atoms with Crippen molar-refractivity contribution in [2.75, 3.05) is 38.2 Å². The van der Waals surface area contributed by atoms with Gasteiger partial charge in [-0.2, -0.15) is 4.31 Å². The Bertz CT molecular complexity index is 1720. The van der Waals surface area contributed by atoms with E-state index in [1.165, 1.54) is 21.7 Å². The smallest absolute Gasteiger partial charge is 0.306 e. The highest BCUT2D eigenvalue weighted by atomic mass is 32.2. The van der Waals surface area contributed by atoms with E-state index in [1.54, 1.807) is 12.1 Å². The number of thiazole rings is 1. The van der Waals surface area contributed by atoms with E-state index in [1.807, 2.05) is 20.8 Å². The van der Waals surface area contributed by atoms with Crippen LogP contribution in [0.1, 0.15) is 45.6 Å². The molecule has 268 valence electrons. The molecular weight excluding hydrogens is 679 g/mol. The standard InChI is InChI=1S/C34H44F2N4O7S2/c1-4-37-27-17-45-33-32(27)29(18-46-33)47-31(42)12-21(9-20-10-22(35)13-23(36)11-20)28(41)16-40(15-19(2)3)49(43,44)25-7-8-26-30(14-25)48-34(39-26)38-24-5-6-24/h7-8,10-11,13-14,19,21,24,27-29,32-33,37,41H,4-6,9,12,15-18H2,1-3H3,(H,38,39)/t21-,27+,28-,29+,32+,33-/m1/s1. The third kappa shape index (κ3) is 8.75. The van der Waals surface area contributed by atoms with Crippen molar-refractivity contribution >= 4 is 42.7 Å². The molecule has 49 heavy (non-hydrogen) atoms. The van der Waals surface area contributed by atoms with Gasteiger partial charge in [-0.05, 0) is 67.6 Å². The minimum absolute atomic E-state index is 0.0578. The maximum atomic E-state index is 14.2. The number of fused-ring (bicyclic) bond motifs is 2. The maximum Gasteiger partial charge on any atom is 0.306 e. The van der Waals surface area contributed by atoms with Gasteiger partial charge in [0.2, 0.25) is 10.0 Å². The van der Waals surface area contributed by atoms with E-state index < -0.39 is 52.0 Å². The summed E-state index contributed by atoms with van der Waals surface area (Å²) < 4.78 is 75.8. The monoisotopic (exact) mass is 722 g/mol. The number of anilines is 1. The topological polar surface area (TPSA) is 139 Å². The van der Waals surface area contributed by atoms with Crippen molar-refractivity contribution in [1.29, 1.82) is 0 Å². The lowest BCUT2D eigenvalue weighted by molar-refractivity contribution is -0.153. The number of benzene rings is 2. The second kappa shape index (κ2) is 15.2. The van der Waals surface area contributed by atoms with Gasteiger partial charge in [0.25, 0.3) is 0 Å². The zero-order valence-corrected chi connectivity index (χ0v) is 29.4. The van der Waals surface area contributed by atoms with Crippen molar-refractivity contribution in [3.05, 3.63) is 53.6 Å². The fourth-order valence-corrected chi connectivity index (χ4v) is 9.30. The number of likely N-dealkylation sites (N-methyl/N-ethyl adjacent to an activating group) is 1. The number of carbonyl (C=O) groups is 1. The van der Waals surface area contributed by atoms with E-state index in [0.717, 1.165) is 36.2 Å². The van der Waals surface area contributed by atoms with Crippen LogP contribution in [0.25, 0.3) is 10.2 Å². The number of sulfonamides is 1. The number of aliphatic hydroxyl groups excluding tert-OH is 1. The largest absolute Gasteiger partial charge is 0.459 e. The molecule has 15 heteroatoms. The van der Waals surface area contributed by atoms with Gasteiger partial charge in [-0.25, -0.2) is 22.2 Å². The number of esters is 1. The summed E-state index contributed by atoms with van der Waals surface area (Å²) in [6, 6.07) is 8.13. The second-order valence-corrected chi connectivity index (χ2v) is 16.6. The number of aromatic nitrogens is 1. The summed E-state index contributed by atoms with van der Waals surface area (Å²) in [5.41, 5.74) is 0.905. The van der Waals surface area contributed by atoms with Crippen LogP contribution in [0.2, 0.25) is 0 Å². The molecule has 6 rings (SSSR count). The molecule has 2 saturated heterocycles. The Labute approximate surface area is 289 Å². The predicted molar refractivity (Wildman–Crippen MR) is 181 cm³/mol. The molecule has 1 aliphatic carbocycles. The first-order valence-electron chi connectivity index (χ1n) is 16.9. The van der Waals surface area contributed by atoms with Crippen LogP contribution in [0.15, 0.2) is 41.3 Å². The summed E-state index contributed by atoms with van der Waals surface area (Å²) in [5.74, 6) is -3.48. The van der Waals surface area contributed by atoms with Crippen molar-refractivity contribution < 1.29 is 41.3 Å². The molecule has 11 nitrogen and oxygen atoms in total. The van der Waals surface area contributed by atoms with Crippen LogP contribution in [0.4, 0.5) is 13.9 Å². The van der Waals surface area contributed by atoms with Gasteiger partial charge in [-0.15, -0.1) is 0 Å². The highest BCUT2D eigenvalue weighted by Gasteiger charge is 2.49. The van der Waals surface area contributed by atoms with Gasteiger partial charge in [0, 0.05) is 37.2 Å². The van der Waals surface area contributed by atoms with Crippen LogP contribution >= 0.6 is 11.3 Å². The van der Waals surface area contributed by atoms with Crippen LogP contribution in [0.5, 0.6) is 0 Å². The quantitative estimate of drug-likeness (QED) is 0.184. The summed E-state index contributed by atoms with van der Waals surface area (Å²) in [6.07, 6.45) is -0.732. The van der Waals surface area contributed by atoms with E-state index in [2.05, 4.69) is 15.6 Å². The molecule has 0 bridgehead atoms. The molecule has 2 aromatic carbocycles. The molecule has 0 unspecified atom stereocenters. The van der Waals surface area contributed by atoms with Gasteiger partial charge in [0.1, 0.15) is 17.7 Å². The Kier molecular flexibility index (Phi) is 11.2. The van der Waals surface area contributed by atoms with Crippen molar-refractivity contribution in [3.63, 3.8) is 0 Å². The summed E-state index contributed by atoms with van der Waals surface area (Å²) in [5, 5.41) is 19.1. The van der Waals surface area contributed by atoms with E-state index in [9.17, 15) is 27.1 Å². The van der Waals surface area contributed by atoms with Gasteiger partial charge >= 0.3 is 5.97 Å². The van der Waals surface area contributed by atoms with Gasteiger partial charge < -0.3 is 30.0 Å². The van der Waals surface area contributed by atoms with Crippen molar-refractivity contribution in [1.82, 2.24) is 14.6 Å². The summed E-state index contributed by atoms with van der Waals surface area (Å²) in [7, 11) is -4.11. The SMILES string of the molecule is CCN[C@H]1CO[C@@H]2OC[C@H](OC(=O)C[C@@H](Cc3cc(F)cc(F)c3)[C@H](O)CN(CC(C)C)S(=O)(=O)c3ccc4nc(NC5CC5)sc4c3)[C@@H]21. The second-order valence-electron chi connectivity index (χ2n) is 13.6. The molecule has 3 N–H and O–H groups in total. The molecule has 3 fully saturated rings. The number of carbonyl (C=O) groups excluding carboxylic acids is 1. The first-order valence-corrected chi connectivity index (χ1v) is 19.1. The minimum Gasteiger partial charge on any atom is -0.459 e. The average Bonchev–Trinajstić information content (AvgIpc) is 3.41. The molecule has 1 saturated carbocycles. The number of hydrogen-bond acceptors (Lipinski definition) is 11. The average molecular weight is 723 g/mol. The third-order valence-corrected chi connectivity index (χ3v) is 11.9. The Hall–Kier alpha value is -2.79. The lowest BCUT2D eigenvalue weighted by Gasteiger charge is -2.30. The van der Waals surface area contributed by atoms with Gasteiger partial charge in [-0.3, -0.25) is 4.79 Å². The number of rotatable bonds is 16. The van der Waals surface area contributed by atoms with Crippen LogP contribution < -0.4 is 10.6 Å². The molecule has 3 aromatic rings. The van der Waals surface area contributed by atoms with Crippen LogP contribution in [0, 0.1) is 29.4 Å². The molecular formula is C34H44F2N4O7S2. The zero-order chi connectivity index (χ0) is 34.9. The number of aliphatic hydroxyl groups is 1. The first kappa shape index (κ1) is 36.0. The number of halogens is 2. The molecule has 6 atom stereocenters.